The van der Waals surface area contributed by atoms with Crippen molar-refractivity contribution in [3.05, 3.63) is 72.3 Å². The van der Waals surface area contributed by atoms with Crippen LogP contribution in [0.5, 0.6) is 11.5 Å². The number of alkyl halides is 17. The SMILES string of the molecule is C=CCCCCCCCCC(=O)Oc1ccc(C(=O)Oc2ccc(C(=O)OCCC(F)(F)C(F)(F)C(F)(F)C(F)(F)C(F)(F)C(F)(F)C(F)(F)C(F)(F)F)cc2)cc1. The van der Waals surface area contributed by atoms with Gasteiger partial charge in [-0.1, -0.05) is 31.8 Å². The summed E-state index contributed by atoms with van der Waals surface area (Å²) in [7, 11) is 0. The van der Waals surface area contributed by atoms with Crippen LogP contribution >= 0.6 is 0 Å². The Morgan fingerprint density at radius 1 is 0.500 bits per heavy atom. The maximum atomic E-state index is 14.1. The molecule has 0 saturated carbocycles. The predicted octanol–water partition coefficient (Wildman–Crippen LogP) is 11.7. The number of esters is 3. The quantitative estimate of drug-likeness (QED) is 0.0386. The van der Waals surface area contributed by atoms with Gasteiger partial charge < -0.3 is 14.2 Å². The second-order valence-corrected chi connectivity index (χ2v) is 12.4. The standard InChI is InChI=1S/C35H31F17O6/c1-2-3-4-5-6-7-8-9-10-25(53)57-23-15-13-22(14-16-23)27(55)58-24-17-11-21(12-18-24)26(54)56-20-19-28(36,37)29(38,39)30(40,41)31(42,43)32(44,45)33(46,47)34(48,49)35(50,51)52/h2,11-18H,1,3-10,19-20H2. The van der Waals surface area contributed by atoms with Gasteiger partial charge in [0.15, 0.2) is 0 Å². The highest BCUT2D eigenvalue weighted by Gasteiger charge is 2.95. The second kappa shape index (κ2) is 18.5. The largest absolute Gasteiger partial charge is 0.462 e. The maximum absolute atomic E-state index is 14.1. The molecule has 0 aliphatic heterocycles. The number of allylic oxidation sites excluding steroid dienone is 1. The molecule has 0 unspecified atom stereocenters. The first kappa shape index (κ1) is 49.5. The Morgan fingerprint density at radius 3 is 1.36 bits per heavy atom. The molecule has 0 atom stereocenters. The fraction of sp³-hybridized carbons (Fsp3) is 0.514. The van der Waals surface area contributed by atoms with Crippen LogP contribution in [0.15, 0.2) is 61.2 Å². The Hall–Kier alpha value is -4.60. The molecule has 2 rings (SSSR count). The number of carbonyl (C=O) groups is 3. The van der Waals surface area contributed by atoms with E-state index < -0.39 is 84.1 Å². The molecule has 2 aromatic carbocycles. The average molecular weight is 871 g/mol. The highest BCUT2D eigenvalue weighted by atomic mass is 19.4. The summed E-state index contributed by atoms with van der Waals surface area (Å²) in [4.78, 5) is 36.7. The van der Waals surface area contributed by atoms with Crippen molar-refractivity contribution in [1.29, 1.82) is 0 Å². The molecular weight excluding hydrogens is 839 g/mol. The Balaban J connectivity index is 1.98. The first-order valence-corrected chi connectivity index (χ1v) is 16.6. The minimum atomic E-state index is -8.75. The van der Waals surface area contributed by atoms with Crippen molar-refractivity contribution in [2.75, 3.05) is 6.61 Å². The lowest BCUT2D eigenvalue weighted by Gasteiger charge is -2.42. The summed E-state index contributed by atoms with van der Waals surface area (Å²) >= 11 is 0. The molecule has 0 amide bonds. The van der Waals surface area contributed by atoms with E-state index in [2.05, 4.69) is 11.3 Å². The molecule has 2 aromatic rings. The van der Waals surface area contributed by atoms with Crippen LogP contribution in [0.2, 0.25) is 0 Å². The Bertz CT molecular complexity index is 1710. The van der Waals surface area contributed by atoms with E-state index >= 15 is 0 Å². The summed E-state index contributed by atoms with van der Waals surface area (Å²) in [6.07, 6.45) is -2.37. The van der Waals surface area contributed by atoms with E-state index in [-0.39, 0.29) is 23.5 Å². The lowest BCUT2D eigenvalue weighted by molar-refractivity contribution is -0.461. The van der Waals surface area contributed by atoms with Gasteiger partial charge >= 0.3 is 65.5 Å². The summed E-state index contributed by atoms with van der Waals surface area (Å²) in [6, 6.07) is 8.31. The van der Waals surface area contributed by atoms with Gasteiger partial charge in [0.1, 0.15) is 11.5 Å². The van der Waals surface area contributed by atoms with E-state index in [9.17, 15) is 89.0 Å². The summed E-state index contributed by atoms with van der Waals surface area (Å²) in [5, 5.41) is 0. The highest BCUT2D eigenvalue weighted by Crippen LogP contribution is 2.64. The monoisotopic (exact) mass is 870 g/mol. The third-order valence-electron chi connectivity index (χ3n) is 8.10. The van der Waals surface area contributed by atoms with Gasteiger partial charge in [0.25, 0.3) is 0 Å². The number of benzene rings is 2. The third-order valence-corrected chi connectivity index (χ3v) is 8.10. The smallest absolute Gasteiger partial charge is 0.460 e. The van der Waals surface area contributed by atoms with Gasteiger partial charge in [-0.15, -0.1) is 6.58 Å². The third kappa shape index (κ3) is 10.5. The van der Waals surface area contributed by atoms with E-state index in [1.54, 1.807) is 0 Å². The molecule has 0 spiro atoms. The predicted molar refractivity (Wildman–Crippen MR) is 166 cm³/mol. The van der Waals surface area contributed by atoms with Gasteiger partial charge in [0.2, 0.25) is 0 Å². The van der Waals surface area contributed by atoms with Crippen molar-refractivity contribution < 1.29 is 103 Å². The molecule has 0 N–H and O–H groups in total. The lowest BCUT2D eigenvalue weighted by Crippen LogP contribution is -2.74. The Kier molecular flexibility index (Phi) is 15.8. The molecular formula is C35H31F17O6. The number of unbranched alkanes of at least 4 members (excludes halogenated alkanes) is 6. The lowest BCUT2D eigenvalue weighted by atomic mass is 9.88. The van der Waals surface area contributed by atoms with Crippen LogP contribution in [0.1, 0.15) is 78.5 Å². The zero-order valence-corrected chi connectivity index (χ0v) is 29.3. The van der Waals surface area contributed by atoms with Crippen LogP contribution in [0.3, 0.4) is 0 Å². The van der Waals surface area contributed by atoms with Gasteiger partial charge in [-0.2, -0.15) is 74.6 Å². The van der Waals surface area contributed by atoms with E-state index in [1.807, 2.05) is 6.08 Å². The topological polar surface area (TPSA) is 78.9 Å². The average Bonchev–Trinajstić information content (AvgIpc) is 3.12. The number of rotatable bonds is 22. The van der Waals surface area contributed by atoms with Gasteiger partial charge in [0.05, 0.1) is 24.2 Å². The van der Waals surface area contributed by atoms with Crippen molar-refractivity contribution in [3.8, 4) is 11.5 Å². The van der Waals surface area contributed by atoms with E-state index in [4.69, 9.17) is 9.47 Å². The summed E-state index contributed by atoms with van der Waals surface area (Å²) in [5.41, 5.74) is -0.730. The highest BCUT2D eigenvalue weighted by molar-refractivity contribution is 5.92. The first-order valence-electron chi connectivity index (χ1n) is 16.6. The molecule has 23 heteroatoms. The van der Waals surface area contributed by atoms with Crippen molar-refractivity contribution in [1.82, 2.24) is 0 Å². The molecule has 6 nitrogen and oxygen atoms in total. The van der Waals surface area contributed by atoms with Gasteiger partial charge in [-0.3, -0.25) is 4.79 Å². The zero-order chi connectivity index (χ0) is 44.6. The van der Waals surface area contributed by atoms with Gasteiger partial charge in [-0.05, 0) is 67.8 Å². The minimum Gasteiger partial charge on any atom is -0.462 e. The number of halogens is 17. The minimum absolute atomic E-state index is 0.0718. The molecule has 58 heavy (non-hydrogen) atoms. The van der Waals surface area contributed by atoms with Crippen LogP contribution in [0.25, 0.3) is 0 Å². The number of ether oxygens (including phenoxy) is 3. The fourth-order valence-corrected chi connectivity index (χ4v) is 4.64. The summed E-state index contributed by atoms with van der Waals surface area (Å²) in [6.45, 7) is 1.52. The molecule has 0 bridgehead atoms. The molecule has 0 heterocycles. The van der Waals surface area contributed by atoms with E-state index in [1.165, 1.54) is 24.3 Å². The van der Waals surface area contributed by atoms with Gasteiger partial charge in [-0.25, -0.2) is 9.59 Å². The summed E-state index contributed by atoms with van der Waals surface area (Å²) in [5.74, 6) is -60.8. The second-order valence-electron chi connectivity index (χ2n) is 12.4. The molecule has 326 valence electrons. The molecule has 0 aliphatic rings. The first-order chi connectivity index (χ1) is 26.4. The van der Waals surface area contributed by atoms with Crippen LogP contribution in [0, 0.1) is 0 Å². The zero-order valence-electron chi connectivity index (χ0n) is 29.3. The van der Waals surface area contributed by atoms with Crippen molar-refractivity contribution in [2.24, 2.45) is 0 Å². The van der Waals surface area contributed by atoms with Crippen molar-refractivity contribution in [3.63, 3.8) is 0 Å². The molecule has 0 radical (unpaired) electrons. The fourth-order valence-electron chi connectivity index (χ4n) is 4.64. The van der Waals surface area contributed by atoms with Crippen LogP contribution in [-0.2, 0) is 9.53 Å². The Morgan fingerprint density at radius 2 is 0.897 bits per heavy atom. The molecule has 0 saturated heterocycles. The van der Waals surface area contributed by atoms with Crippen LogP contribution in [-0.4, -0.2) is 72.1 Å². The number of carbonyl (C=O) groups excluding carboxylic acids is 3. The Labute approximate surface area is 317 Å². The normalized spacial score (nSPS) is 13.5. The summed E-state index contributed by atoms with van der Waals surface area (Å²) < 4.78 is 243. The van der Waals surface area contributed by atoms with Crippen molar-refractivity contribution in [2.45, 2.75) is 105 Å². The molecule has 0 fully saturated rings. The molecule has 0 aliphatic carbocycles. The van der Waals surface area contributed by atoms with E-state index in [0.717, 1.165) is 62.8 Å². The van der Waals surface area contributed by atoms with Gasteiger partial charge in [0, 0.05) is 6.42 Å². The van der Waals surface area contributed by atoms with Crippen molar-refractivity contribution >= 4 is 17.9 Å². The number of hydrogen-bond acceptors (Lipinski definition) is 6. The van der Waals surface area contributed by atoms with E-state index in [0.29, 0.717) is 6.42 Å². The maximum Gasteiger partial charge on any atom is 0.460 e. The van der Waals surface area contributed by atoms with Crippen LogP contribution in [0.4, 0.5) is 74.6 Å². The van der Waals surface area contributed by atoms with Crippen LogP contribution < -0.4 is 9.47 Å². The number of hydrogen-bond donors (Lipinski definition) is 0. The molecule has 0 aromatic heterocycles.